The van der Waals surface area contributed by atoms with Gasteiger partial charge in [0.25, 0.3) is 0 Å². The molecule has 0 aliphatic rings. The van der Waals surface area contributed by atoms with Gasteiger partial charge in [0.15, 0.2) is 0 Å². The van der Waals surface area contributed by atoms with Crippen LogP contribution in [0.3, 0.4) is 0 Å². The number of nitrogens with one attached hydrogen (secondary N) is 5. The Kier molecular flexibility index (Phi) is 18.5. The van der Waals surface area contributed by atoms with Crippen molar-refractivity contribution in [3.8, 4) is 0 Å². The summed E-state index contributed by atoms with van der Waals surface area (Å²) in [7, 11) is 0. The third kappa shape index (κ3) is 15.7. The average Bonchev–Trinajstić information content (AvgIpc) is 3.10. The molecule has 0 spiro atoms. The highest BCUT2D eigenvalue weighted by Gasteiger charge is 2.33. The molecule has 284 valence electrons. The van der Waals surface area contributed by atoms with E-state index in [1.807, 2.05) is 19.9 Å². The van der Waals surface area contributed by atoms with E-state index < -0.39 is 78.0 Å². The molecule has 0 radical (unpaired) electrons. The van der Waals surface area contributed by atoms with Crippen LogP contribution in [0, 0.1) is 5.92 Å². The first kappa shape index (κ1) is 42.8. The SMILES string of the molecule is CC(C)C[C@H](NC(=O)[C@H](CCCCN)NC(=O)[C@H](Cc1ccccc1)NC(=O)CN)C(=O)N[C@@H](Cc1ccccc1)C(=O)N[C@@H](CC(N)=O)C(=O)O. The molecular formula is C36H52N8O8. The van der Waals surface area contributed by atoms with Crippen LogP contribution in [-0.4, -0.2) is 89.8 Å². The third-order valence-electron chi connectivity index (χ3n) is 7.98. The molecule has 0 aliphatic heterocycles. The Labute approximate surface area is 303 Å². The molecule has 0 fully saturated rings. The van der Waals surface area contributed by atoms with Crippen molar-refractivity contribution in [1.29, 1.82) is 0 Å². The molecular weight excluding hydrogens is 672 g/mol. The summed E-state index contributed by atoms with van der Waals surface area (Å²) in [5, 5.41) is 22.5. The number of rotatable bonds is 23. The van der Waals surface area contributed by atoms with Crippen LogP contribution >= 0.6 is 0 Å². The van der Waals surface area contributed by atoms with Gasteiger partial charge in [0.1, 0.15) is 30.2 Å². The second-order valence-electron chi connectivity index (χ2n) is 12.9. The fraction of sp³-hybridized carbons (Fsp3) is 0.472. The van der Waals surface area contributed by atoms with Gasteiger partial charge in [0.05, 0.1) is 13.0 Å². The molecule has 0 bridgehead atoms. The largest absolute Gasteiger partial charge is 0.480 e. The number of unbranched alkanes of at least 4 members (excludes halogenated alkanes) is 1. The van der Waals surface area contributed by atoms with E-state index in [0.717, 1.165) is 5.56 Å². The van der Waals surface area contributed by atoms with Gasteiger partial charge in [-0.25, -0.2) is 4.79 Å². The number of hydrogen-bond donors (Lipinski definition) is 9. The molecule has 0 heterocycles. The summed E-state index contributed by atoms with van der Waals surface area (Å²) in [5.41, 5.74) is 17.7. The highest BCUT2D eigenvalue weighted by Crippen LogP contribution is 2.11. The lowest BCUT2D eigenvalue weighted by Gasteiger charge is -2.28. The number of carbonyl (C=O) groups excluding carboxylic acids is 6. The van der Waals surface area contributed by atoms with Gasteiger partial charge < -0.3 is 48.9 Å². The quantitative estimate of drug-likeness (QED) is 0.0630. The number of primary amides is 1. The maximum absolute atomic E-state index is 13.8. The van der Waals surface area contributed by atoms with Crippen molar-refractivity contribution in [2.45, 2.75) is 89.0 Å². The first-order chi connectivity index (χ1) is 24.7. The Morgan fingerprint density at radius 2 is 1.06 bits per heavy atom. The minimum atomic E-state index is -1.63. The zero-order valence-electron chi connectivity index (χ0n) is 29.6. The summed E-state index contributed by atoms with van der Waals surface area (Å²) in [6, 6.07) is 11.3. The van der Waals surface area contributed by atoms with E-state index in [0.29, 0.717) is 24.9 Å². The van der Waals surface area contributed by atoms with Crippen molar-refractivity contribution in [3.63, 3.8) is 0 Å². The Hall–Kier alpha value is -5.35. The number of amides is 6. The molecule has 0 aromatic heterocycles. The summed E-state index contributed by atoms with van der Waals surface area (Å²) < 4.78 is 0. The average molecular weight is 725 g/mol. The highest BCUT2D eigenvalue weighted by molar-refractivity contribution is 5.96. The number of nitrogens with two attached hydrogens (primary N) is 3. The molecule has 0 saturated carbocycles. The number of benzene rings is 2. The molecule has 5 atom stereocenters. The number of carboxylic acid groups (broad SMARTS) is 1. The van der Waals surface area contributed by atoms with Crippen LogP contribution in [0.15, 0.2) is 60.7 Å². The van der Waals surface area contributed by atoms with Gasteiger partial charge in [0, 0.05) is 12.8 Å². The van der Waals surface area contributed by atoms with Gasteiger partial charge in [-0.05, 0) is 49.3 Å². The van der Waals surface area contributed by atoms with E-state index in [2.05, 4.69) is 26.6 Å². The fourth-order valence-electron chi connectivity index (χ4n) is 5.33. The minimum absolute atomic E-state index is 0.0429. The lowest BCUT2D eigenvalue weighted by molar-refractivity contribution is -0.143. The smallest absolute Gasteiger partial charge is 0.326 e. The third-order valence-corrected chi connectivity index (χ3v) is 7.98. The van der Waals surface area contributed by atoms with E-state index in [1.54, 1.807) is 54.6 Å². The molecule has 16 heteroatoms. The predicted octanol–water partition coefficient (Wildman–Crippen LogP) is -1.01. The molecule has 0 saturated heterocycles. The highest BCUT2D eigenvalue weighted by atomic mass is 16.4. The zero-order valence-corrected chi connectivity index (χ0v) is 29.6. The molecule has 6 amide bonds. The van der Waals surface area contributed by atoms with Crippen molar-refractivity contribution < 1.29 is 38.7 Å². The lowest BCUT2D eigenvalue weighted by atomic mass is 9.99. The van der Waals surface area contributed by atoms with Crippen molar-refractivity contribution in [2.75, 3.05) is 13.1 Å². The van der Waals surface area contributed by atoms with Crippen LogP contribution < -0.4 is 43.8 Å². The van der Waals surface area contributed by atoms with Crippen LogP contribution in [0.5, 0.6) is 0 Å². The molecule has 2 rings (SSSR count). The van der Waals surface area contributed by atoms with E-state index >= 15 is 0 Å². The van der Waals surface area contributed by atoms with Crippen molar-refractivity contribution in [1.82, 2.24) is 26.6 Å². The van der Waals surface area contributed by atoms with Crippen molar-refractivity contribution in [3.05, 3.63) is 71.8 Å². The molecule has 2 aromatic rings. The summed E-state index contributed by atoms with van der Waals surface area (Å²) >= 11 is 0. The Balaban J connectivity index is 2.34. The van der Waals surface area contributed by atoms with Crippen molar-refractivity contribution >= 4 is 41.4 Å². The van der Waals surface area contributed by atoms with Gasteiger partial charge in [-0.3, -0.25) is 28.8 Å². The van der Waals surface area contributed by atoms with Gasteiger partial charge in [-0.1, -0.05) is 74.5 Å². The van der Waals surface area contributed by atoms with Crippen LogP contribution in [-0.2, 0) is 46.4 Å². The standard InChI is InChI=1S/C36H52N8O8/c1-22(2)17-26(33(48)43-28(19-24-13-7-4-8-14-24)35(50)44-29(36(51)52)20-30(39)45)42-32(47)25(15-9-10-16-37)41-34(49)27(40-31(46)21-38)18-23-11-5-3-6-12-23/h3-8,11-14,22,25-29H,9-10,15-21,37-38H2,1-2H3,(H2,39,45)(H,40,46)(H,41,49)(H,42,47)(H,43,48)(H,44,50)(H,51,52)/t25-,26-,27-,28-,29-/m0/s1. The minimum Gasteiger partial charge on any atom is -0.480 e. The molecule has 0 aliphatic carbocycles. The summed E-state index contributed by atoms with van der Waals surface area (Å²) in [4.78, 5) is 90.0. The molecule has 16 nitrogen and oxygen atoms in total. The monoisotopic (exact) mass is 724 g/mol. The van der Waals surface area contributed by atoms with E-state index in [9.17, 15) is 38.7 Å². The van der Waals surface area contributed by atoms with E-state index in [-0.39, 0.29) is 38.1 Å². The van der Waals surface area contributed by atoms with Gasteiger partial charge >= 0.3 is 5.97 Å². The zero-order chi connectivity index (χ0) is 38.6. The molecule has 2 aromatic carbocycles. The first-order valence-electron chi connectivity index (χ1n) is 17.2. The summed E-state index contributed by atoms with van der Waals surface area (Å²) in [6.07, 6.45) is 0.741. The van der Waals surface area contributed by atoms with Crippen LogP contribution in [0.2, 0.25) is 0 Å². The lowest BCUT2D eigenvalue weighted by Crippen LogP contribution is -2.59. The topological polar surface area (TPSA) is 278 Å². The predicted molar refractivity (Wildman–Crippen MR) is 193 cm³/mol. The summed E-state index contributed by atoms with van der Waals surface area (Å²) in [6.45, 7) is 3.65. The van der Waals surface area contributed by atoms with Gasteiger partial charge in [-0.15, -0.1) is 0 Å². The Morgan fingerprint density at radius 3 is 1.52 bits per heavy atom. The first-order valence-corrected chi connectivity index (χ1v) is 17.2. The maximum atomic E-state index is 13.8. The van der Waals surface area contributed by atoms with Crippen molar-refractivity contribution in [2.24, 2.45) is 23.1 Å². The number of carbonyl (C=O) groups is 7. The van der Waals surface area contributed by atoms with Crippen LogP contribution in [0.1, 0.15) is 57.1 Å². The summed E-state index contributed by atoms with van der Waals surface area (Å²) in [5.74, 6) is -6.03. The van der Waals surface area contributed by atoms with E-state index in [1.165, 1.54) is 0 Å². The molecule has 0 unspecified atom stereocenters. The van der Waals surface area contributed by atoms with Crippen LogP contribution in [0.25, 0.3) is 0 Å². The second-order valence-corrected chi connectivity index (χ2v) is 12.9. The maximum Gasteiger partial charge on any atom is 0.326 e. The number of carboxylic acids is 1. The Morgan fingerprint density at radius 1 is 0.615 bits per heavy atom. The van der Waals surface area contributed by atoms with E-state index in [4.69, 9.17) is 17.2 Å². The fourth-order valence-corrected chi connectivity index (χ4v) is 5.33. The number of aliphatic carboxylic acids is 1. The van der Waals surface area contributed by atoms with Crippen LogP contribution in [0.4, 0.5) is 0 Å². The normalized spacial score (nSPS) is 13.8. The van der Waals surface area contributed by atoms with Gasteiger partial charge in [-0.2, -0.15) is 0 Å². The molecule has 52 heavy (non-hydrogen) atoms. The molecule has 12 N–H and O–H groups in total. The van der Waals surface area contributed by atoms with Gasteiger partial charge in [0.2, 0.25) is 35.4 Å². The number of hydrogen-bond acceptors (Lipinski definition) is 9. The Bertz CT molecular complexity index is 1490. The second kappa shape index (κ2) is 22.5.